The molecular weight excluding hydrogens is 413 g/mol. The fourth-order valence-electron chi connectivity index (χ4n) is 2.81. The maximum atomic E-state index is 13.7. The summed E-state index contributed by atoms with van der Waals surface area (Å²) in [7, 11) is 2.97. The first-order valence-corrected chi connectivity index (χ1v) is 8.91. The van der Waals surface area contributed by atoms with Gasteiger partial charge in [0, 0.05) is 50.4 Å². The van der Waals surface area contributed by atoms with Gasteiger partial charge in [-0.05, 0) is 12.1 Å². The van der Waals surface area contributed by atoms with Crippen molar-refractivity contribution in [3.05, 3.63) is 34.9 Å². The number of benzene rings is 1. The molecule has 1 aliphatic rings. The molecule has 2 rings (SSSR count). The fourth-order valence-corrected chi connectivity index (χ4v) is 2.81. The van der Waals surface area contributed by atoms with Crippen LogP contribution in [0.2, 0.25) is 0 Å². The molecule has 0 aliphatic carbocycles. The molecule has 0 saturated heterocycles. The Balaban J connectivity index is 2.41. The molecule has 0 fully saturated rings. The number of aliphatic imine (C=N–C) groups is 1. The molecule has 2 N–H and O–H groups in total. The summed E-state index contributed by atoms with van der Waals surface area (Å²) in [5.74, 6) is -5.52. The minimum absolute atomic E-state index is 0.0840. The van der Waals surface area contributed by atoms with Gasteiger partial charge < -0.3 is 20.1 Å². The van der Waals surface area contributed by atoms with Crippen LogP contribution >= 0.6 is 0 Å². The molecule has 1 amide bonds. The van der Waals surface area contributed by atoms with Crippen LogP contribution in [0.1, 0.15) is 17.5 Å². The highest BCUT2D eigenvalue weighted by Crippen LogP contribution is 2.45. The number of fused-ring (bicyclic) bond motifs is 1. The van der Waals surface area contributed by atoms with Crippen molar-refractivity contribution in [2.75, 3.05) is 40.5 Å². The van der Waals surface area contributed by atoms with E-state index in [4.69, 9.17) is 15.2 Å². The van der Waals surface area contributed by atoms with Gasteiger partial charge in [-0.3, -0.25) is 4.79 Å². The number of carbonyl (C=O) groups excluding carboxylic acids is 1. The average Bonchev–Trinajstić information content (AvgIpc) is 2.84. The highest BCUT2D eigenvalue weighted by molar-refractivity contribution is 6.05. The van der Waals surface area contributed by atoms with Crippen LogP contribution < -0.4 is 5.73 Å². The van der Waals surface area contributed by atoms with Crippen LogP contribution in [0.3, 0.4) is 0 Å². The highest BCUT2D eigenvalue weighted by atomic mass is 19.4. The molecule has 11 heteroatoms. The third-order valence-corrected chi connectivity index (χ3v) is 4.41. The molecule has 1 aromatic carbocycles. The number of hydrogen-bond acceptors (Lipinski definition) is 5. The normalized spacial score (nSPS) is 14.5. The maximum Gasteiger partial charge on any atom is 0.458 e. The standard InChI is InChI=1S/C19H22F5N3O3/c1-29-7-5-27(6-8-30-2)17(28)13-9-12-3-4-14(18(20,21)19(22,23)24)11-15(12)26-16(25)10-13/h3-4,9,11H,5-8,10H2,1-2H3,(H2,25,26). The Morgan fingerprint density at radius 3 is 2.27 bits per heavy atom. The van der Waals surface area contributed by atoms with E-state index < -0.39 is 17.7 Å². The molecule has 1 heterocycles. The van der Waals surface area contributed by atoms with Gasteiger partial charge in [-0.15, -0.1) is 0 Å². The molecule has 0 unspecified atom stereocenters. The van der Waals surface area contributed by atoms with Crippen molar-refractivity contribution >= 4 is 23.5 Å². The van der Waals surface area contributed by atoms with Crippen LogP contribution in [0.15, 0.2) is 28.8 Å². The molecule has 30 heavy (non-hydrogen) atoms. The lowest BCUT2D eigenvalue weighted by atomic mass is 10.0. The first-order chi connectivity index (χ1) is 14.0. The summed E-state index contributed by atoms with van der Waals surface area (Å²) in [5.41, 5.74) is 4.81. The molecule has 0 saturated carbocycles. The molecule has 0 spiro atoms. The van der Waals surface area contributed by atoms with E-state index in [2.05, 4.69) is 4.99 Å². The molecule has 166 valence electrons. The maximum absolute atomic E-state index is 13.7. The average molecular weight is 435 g/mol. The Bertz CT molecular complexity index is 829. The van der Waals surface area contributed by atoms with E-state index in [0.717, 1.165) is 6.07 Å². The fraction of sp³-hybridized carbons (Fsp3) is 0.474. The van der Waals surface area contributed by atoms with Gasteiger partial charge in [0.1, 0.15) is 5.84 Å². The molecular formula is C19H22F5N3O3. The Hall–Kier alpha value is -2.53. The van der Waals surface area contributed by atoms with E-state index in [1.807, 2.05) is 0 Å². The van der Waals surface area contributed by atoms with Gasteiger partial charge in [0.25, 0.3) is 0 Å². The van der Waals surface area contributed by atoms with E-state index in [-0.39, 0.29) is 61.3 Å². The van der Waals surface area contributed by atoms with Crippen molar-refractivity contribution in [3.8, 4) is 0 Å². The van der Waals surface area contributed by atoms with E-state index in [0.29, 0.717) is 12.1 Å². The summed E-state index contributed by atoms with van der Waals surface area (Å²) >= 11 is 0. The number of amidine groups is 1. The summed E-state index contributed by atoms with van der Waals surface area (Å²) in [6.45, 7) is 1.10. The first kappa shape index (κ1) is 23.7. The van der Waals surface area contributed by atoms with Crippen molar-refractivity contribution < 1.29 is 36.2 Å². The minimum atomic E-state index is -5.75. The zero-order valence-electron chi connectivity index (χ0n) is 16.4. The Labute approximate surface area is 170 Å². The Morgan fingerprint density at radius 2 is 1.73 bits per heavy atom. The van der Waals surface area contributed by atoms with Crippen molar-refractivity contribution in [1.29, 1.82) is 0 Å². The largest absolute Gasteiger partial charge is 0.458 e. The summed E-state index contributed by atoms with van der Waals surface area (Å²) in [6, 6.07) is 2.36. The number of alkyl halides is 5. The van der Waals surface area contributed by atoms with Gasteiger partial charge in [0.05, 0.1) is 18.9 Å². The van der Waals surface area contributed by atoms with E-state index in [1.165, 1.54) is 25.2 Å². The first-order valence-electron chi connectivity index (χ1n) is 8.91. The van der Waals surface area contributed by atoms with Crippen molar-refractivity contribution in [2.45, 2.75) is 18.5 Å². The number of rotatable bonds is 8. The van der Waals surface area contributed by atoms with Crippen LogP contribution in [-0.4, -0.2) is 63.3 Å². The molecule has 0 aromatic heterocycles. The molecule has 6 nitrogen and oxygen atoms in total. The Morgan fingerprint density at radius 1 is 1.13 bits per heavy atom. The van der Waals surface area contributed by atoms with Gasteiger partial charge in [0.2, 0.25) is 5.91 Å². The summed E-state index contributed by atoms with van der Waals surface area (Å²) in [5, 5.41) is 0. The van der Waals surface area contributed by atoms with Crippen LogP contribution in [0.5, 0.6) is 0 Å². The third-order valence-electron chi connectivity index (χ3n) is 4.41. The second kappa shape index (κ2) is 9.52. The van der Waals surface area contributed by atoms with E-state index in [9.17, 15) is 26.7 Å². The SMILES string of the molecule is COCCN(CCOC)C(=O)C1=Cc2ccc(C(F)(F)C(F)(F)F)cc2N=C(N)C1. The monoisotopic (exact) mass is 435 g/mol. The van der Waals surface area contributed by atoms with E-state index >= 15 is 0 Å². The van der Waals surface area contributed by atoms with Gasteiger partial charge in [-0.25, -0.2) is 4.99 Å². The van der Waals surface area contributed by atoms with Crippen LogP contribution in [0.25, 0.3) is 6.08 Å². The predicted molar refractivity (Wildman–Crippen MR) is 101 cm³/mol. The summed E-state index contributed by atoms with van der Waals surface area (Å²) < 4.78 is 75.4. The summed E-state index contributed by atoms with van der Waals surface area (Å²) in [6.07, 6.45) is -4.44. The van der Waals surface area contributed by atoms with Crippen LogP contribution in [0.4, 0.5) is 27.6 Å². The smallest absolute Gasteiger partial charge is 0.387 e. The number of nitrogens with zero attached hydrogens (tertiary/aromatic N) is 2. The second-order valence-electron chi connectivity index (χ2n) is 6.57. The lowest BCUT2D eigenvalue weighted by molar-refractivity contribution is -0.289. The van der Waals surface area contributed by atoms with E-state index in [1.54, 1.807) is 0 Å². The number of hydrogen-bond donors (Lipinski definition) is 1. The van der Waals surface area contributed by atoms with Crippen LogP contribution in [-0.2, 0) is 20.2 Å². The number of halogens is 5. The molecule has 0 atom stereocenters. The molecule has 1 aliphatic heterocycles. The lowest BCUT2D eigenvalue weighted by Gasteiger charge is -2.23. The van der Waals surface area contributed by atoms with Gasteiger partial charge in [0.15, 0.2) is 0 Å². The zero-order chi connectivity index (χ0) is 22.5. The Kier molecular flexibility index (Phi) is 7.54. The molecule has 0 bridgehead atoms. The number of nitrogens with two attached hydrogens (primary N) is 1. The third kappa shape index (κ3) is 5.33. The van der Waals surface area contributed by atoms with Gasteiger partial charge in [-0.1, -0.05) is 12.1 Å². The number of amides is 1. The highest BCUT2D eigenvalue weighted by Gasteiger charge is 2.58. The second-order valence-corrected chi connectivity index (χ2v) is 6.57. The predicted octanol–water partition coefficient (Wildman–Crippen LogP) is 3.24. The summed E-state index contributed by atoms with van der Waals surface area (Å²) in [4.78, 5) is 18.4. The molecule has 0 radical (unpaired) electrons. The van der Waals surface area contributed by atoms with Gasteiger partial charge >= 0.3 is 12.1 Å². The van der Waals surface area contributed by atoms with Crippen molar-refractivity contribution in [1.82, 2.24) is 4.90 Å². The zero-order valence-corrected chi connectivity index (χ0v) is 16.4. The lowest BCUT2D eigenvalue weighted by Crippen LogP contribution is -2.38. The number of ether oxygens (including phenoxy) is 2. The van der Waals surface area contributed by atoms with Crippen molar-refractivity contribution in [3.63, 3.8) is 0 Å². The quantitative estimate of drug-likeness (QED) is 0.636. The minimum Gasteiger partial charge on any atom is -0.387 e. The van der Waals surface area contributed by atoms with Crippen molar-refractivity contribution in [2.24, 2.45) is 10.7 Å². The number of methoxy groups -OCH3 is 2. The topological polar surface area (TPSA) is 77.2 Å². The number of carbonyl (C=O) groups is 1. The van der Waals surface area contributed by atoms with Gasteiger partial charge in [-0.2, -0.15) is 22.0 Å². The van der Waals surface area contributed by atoms with Crippen LogP contribution in [0, 0.1) is 0 Å². The molecule has 1 aromatic rings.